The van der Waals surface area contributed by atoms with Crippen molar-refractivity contribution in [2.24, 2.45) is 0 Å². The lowest BCUT2D eigenvalue weighted by molar-refractivity contribution is -0.337. The first-order valence-electron chi connectivity index (χ1n) is 5.16. The van der Waals surface area contributed by atoms with Crippen LogP contribution in [-0.4, -0.2) is 5.79 Å². The van der Waals surface area contributed by atoms with Crippen LogP contribution in [0.25, 0.3) is 0 Å². The van der Waals surface area contributed by atoms with Crippen LogP contribution in [0.15, 0.2) is 24.3 Å². The summed E-state index contributed by atoms with van der Waals surface area (Å²) >= 11 is 0. The predicted octanol–water partition coefficient (Wildman–Crippen LogP) is 2.67. The summed E-state index contributed by atoms with van der Waals surface area (Å²) in [7, 11) is 0. The molecule has 1 aromatic carbocycles. The third-order valence-corrected chi connectivity index (χ3v) is 3.65. The molecule has 2 aliphatic rings. The van der Waals surface area contributed by atoms with Crippen LogP contribution in [0.2, 0.25) is 0 Å². The maximum absolute atomic E-state index is 5.78. The van der Waals surface area contributed by atoms with E-state index in [0.717, 1.165) is 5.56 Å². The third kappa shape index (κ3) is 1.00. The third-order valence-electron chi connectivity index (χ3n) is 3.65. The van der Waals surface area contributed by atoms with Crippen LogP contribution in [0, 0.1) is 0 Å². The lowest BCUT2D eigenvalue weighted by Crippen LogP contribution is -2.48. The van der Waals surface area contributed by atoms with E-state index in [1.807, 2.05) is 25.1 Å². The zero-order valence-corrected chi connectivity index (χ0v) is 9.11. The number of rotatable bonds is 0. The highest BCUT2D eigenvalue weighted by Gasteiger charge is 2.57. The predicted molar refractivity (Wildman–Crippen MR) is 53.9 cm³/mol. The molecule has 0 spiro atoms. The van der Waals surface area contributed by atoms with Gasteiger partial charge in [-0.05, 0) is 12.5 Å². The lowest BCUT2D eigenvalue weighted by Gasteiger charge is -2.41. The topological polar surface area (TPSA) is 27.7 Å². The minimum atomic E-state index is -0.688. The molecular formula is C12H14O3. The van der Waals surface area contributed by atoms with Gasteiger partial charge in [0.1, 0.15) is 0 Å². The van der Waals surface area contributed by atoms with Gasteiger partial charge in [-0.2, -0.15) is 9.78 Å². The SMILES string of the molecule is CC12OOC(O1)c1ccccc1C2(C)C. The van der Waals surface area contributed by atoms with E-state index in [9.17, 15) is 0 Å². The molecule has 2 unspecified atom stereocenters. The summed E-state index contributed by atoms with van der Waals surface area (Å²) < 4.78 is 5.78. The fourth-order valence-electron chi connectivity index (χ4n) is 2.26. The Labute approximate surface area is 88.9 Å². The number of hydrogen-bond acceptors (Lipinski definition) is 3. The molecule has 3 heteroatoms. The number of ether oxygens (including phenoxy) is 1. The van der Waals surface area contributed by atoms with Crippen molar-refractivity contribution >= 4 is 0 Å². The number of hydrogen-bond donors (Lipinski definition) is 0. The highest BCUT2D eigenvalue weighted by molar-refractivity contribution is 5.38. The van der Waals surface area contributed by atoms with Crippen LogP contribution >= 0.6 is 0 Å². The van der Waals surface area contributed by atoms with Crippen molar-refractivity contribution in [1.82, 2.24) is 0 Å². The van der Waals surface area contributed by atoms with Gasteiger partial charge in [0.25, 0.3) is 0 Å². The average Bonchev–Trinajstić information content (AvgIpc) is 2.59. The second-order valence-corrected chi connectivity index (χ2v) is 4.79. The van der Waals surface area contributed by atoms with Crippen LogP contribution in [-0.2, 0) is 19.9 Å². The largest absolute Gasteiger partial charge is 0.310 e. The summed E-state index contributed by atoms with van der Waals surface area (Å²) in [6.07, 6.45) is -0.376. The monoisotopic (exact) mass is 206 g/mol. The van der Waals surface area contributed by atoms with Crippen molar-refractivity contribution in [3.8, 4) is 0 Å². The van der Waals surface area contributed by atoms with Crippen molar-refractivity contribution in [3.63, 3.8) is 0 Å². The van der Waals surface area contributed by atoms with E-state index in [2.05, 4.69) is 19.9 Å². The zero-order valence-electron chi connectivity index (χ0n) is 9.11. The minimum Gasteiger partial charge on any atom is -0.310 e. The summed E-state index contributed by atoms with van der Waals surface area (Å²) in [5.74, 6) is -0.688. The maximum atomic E-state index is 5.78. The lowest BCUT2D eigenvalue weighted by atomic mass is 9.74. The molecule has 15 heavy (non-hydrogen) atoms. The highest BCUT2D eigenvalue weighted by Crippen LogP contribution is 2.53. The van der Waals surface area contributed by atoms with E-state index in [4.69, 9.17) is 14.5 Å². The maximum Gasteiger partial charge on any atom is 0.220 e. The molecule has 0 aliphatic carbocycles. The van der Waals surface area contributed by atoms with Crippen molar-refractivity contribution in [3.05, 3.63) is 35.4 Å². The molecule has 2 bridgehead atoms. The van der Waals surface area contributed by atoms with E-state index in [0.29, 0.717) is 0 Å². The normalized spacial score (nSPS) is 36.3. The molecule has 0 amide bonds. The van der Waals surface area contributed by atoms with Crippen molar-refractivity contribution < 1.29 is 14.5 Å². The molecule has 2 aliphatic heterocycles. The number of benzene rings is 1. The summed E-state index contributed by atoms with van der Waals surface area (Å²) in [6, 6.07) is 8.16. The second kappa shape index (κ2) is 2.61. The Balaban J connectivity index is 2.26. The fraction of sp³-hybridized carbons (Fsp3) is 0.500. The van der Waals surface area contributed by atoms with Crippen molar-refractivity contribution in [2.45, 2.75) is 38.3 Å². The van der Waals surface area contributed by atoms with Gasteiger partial charge in [0.05, 0.1) is 0 Å². The Hall–Kier alpha value is -0.900. The molecule has 2 atom stereocenters. The summed E-state index contributed by atoms with van der Waals surface area (Å²) in [5.41, 5.74) is 2.09. The van der Waals surface area contributed by atoms with E-state index >= 15 is 0 Å². The summed E-state index contributed by atoms with van der Waals surface area (Å²) in [4.78, 5) is 10.6. The molecule has 80 valence electrons. The molecule has 2 heterocycles. The van der Waals surface area contributed by atoms with Gasteiger partial charge >= 0.3 is 0 Å². The molecular weight excluding hydrogens is 192 g/mol. The molecule has 1 fully saturated rings. The summed E-state index contributed by atoms with van der Waals surface area (Å²) in [5, 5.41) is 0. The van der Waals surface area contributed by atoms with Crippen LogP contribution in [0.1, 0.15) is 38.2 Å². The molecule has 0 saturated carbocycles. The summed E-state index contributed by atoms with van der Waals surface area (Å²) in [6.45, 7) is 6.14. The van der Waals surface area contributed by atoms with Gasteiger partial charge in [-0.3, -0.25) is 0 Å². The molecule has 3 rings (SSSR count). The molecule has 1 saturated heterocycles. The Kier molecular flexibility index (Phi) is 1.63. The average molecular weight is 206 g/mol. The van der Waals surface area contributed by atoms with Crippen LogP contribution in [0.3, 0.4) is 0 Å². The van der Waals surface area contributed by atoms with Gasteiger partial charge in [0, 0.05) is 11.0 Å². The van der Waals surface area contributed by atoms with E-state index < -0.39 is 5.79 Å². The van der Waals surface area contributed by atoms with Gasteiger partial charge in [-0.25, -0.2) is 0 Å². The molecule has 3 nitrogen and oxygen atoms in total. The van der Waals surface area contributed by atoms with Gasteiger partial charge in [0.2, 0.25) is 12.1 Å². The van der Waals surface area contributed by atoms with Crippen molar-refractivity contribution in [2.75, 3.05) is 0 Å². The van der Waals surface area contributed by atoms with Crippen LogP contribution in [0.5, 0.6) is 0 Å². The van der Waals surface area contributed by atoms with Gasteiger partial charge in [-0.15, -0.1) is 0 Å². The fourth-order valence-corrected chi connectivity index (χ4v) is 2.26. The quantitative estimate of drug-likeness (QED) is 0.611. The molecule has 1 aromatic rings. The minimum absolute atomic E-state index is 0.212. The van der Waals surface area contributed by atoms with E-state index in [-0.39, 0.29) is 11.7 Å². The van der Waals surface area contributed by atoms with E-state index in [1.54, 1.807) is 0 Å². The Morgan fingerprint density at radius 2 is 1.87 bits per heavy atom. The van der Waals surface area contributed by atoms with E-state index in [1.165, 1.54) is 5.56 Å². The first-order valence-corrected chi connectivity index (χ1v) is 5.16. The van der Waals surface area contributed by atoms with Gasteiger partial charge in [-0.1, -0.05) is 38.1 Å². The Bertz CT molecular complexity index is 413. The highest BCUT2D eigenvalue weighted by atomic mass is 17.3. The standard InChI is InChI=1S/C12H14O3/c1-11(2)9-7-5-4-6-8(9)10-13-12(11,3)15-14-10/h4-7,10H,1-3H3. The second-order valence-electron chi connectivity index (χ2n) is 4.79. The molecule has 0 aromatic heterocycles. The van der Waals surface area contributed by atoms with Crippen LogP contribution in [0.4, 0.5) is 0 Å². The van der Waals surface area contributed by atoms with Gasteiger partial charge < -0.3 is 4.74 Å². The van der Waals surface area contributed by atoms with Crippen molar-refractivity contribution in [1.29, 1.82) is 0 Å². The molecule has 0 N–H and O–H groups in total. The zero-order chi connectivity index (χ0) is 10.7. The Morgan fingerprint density at radius 1 is 1.13 bits per heavy atom. The van der Waals surface area contributed by atoms with Crippen LogP contribution < -0.4 is 0 Å². The smallest absolute Gasteiger partial charge is 0.220 e. The number of fused-ring (bicyclic) bond motifs is 4. The first-order chi connectivity index (χ1) is 7.05. The Morgan fingerprint density at radius 3 is 2.67 bits per heavy atom. The van der Waals surface area contributed by atoms with Gasteiger partial charge in [0.15, 0.2) is 0 Å². The molecule has 0 radical (unpaired) electrons. The first kappa shape index (κ1) is 9.33.